The van der Waals surface area contributed by atoms with E-state index in [9.17, 15) is 14.7 Å². The number of carbonyl (C=O) groups is 2. The summed E-state index contributed by atoms with van der Waals surface area (Å²) in [7, 11) is 1.45. The molecule has 0 radical (unpaired) electrons. The van der Waals surface area contributed by atoms with Crippen molar-refractivity contribution in [1.82, 2.24) is 5.32 Å². The molecule has 7 nitrogen and oxygen atoms in total. The number of aryl methyl sites for hydroxylation is 1. The van der Waals surface area contributed by atoms with E-state index in [1.165, 1.54) is 25.3 Å². The van der Waals surface area contributed by atoms with Crippen LogP contribution >= 0.6 is 11.8 Å². The summed E-state index contributed by atoms with van der Waals surface area (Å²) < 4.78 is 5.06. The normalized spacial score (nSPS) is 16.6. The summed E-state index contributed by atoms with van der Waals surface area (Å²) in [5, 5.41) is 21.8. The summed E-state index contributed by atoms with van der Waals surface area (Å²) in [6.07, 6.45) is 1.66. The van der Waals surface area contributed by atoms with Crippen LogP contribution in [0, 0.1) is 6.92 Å². The van der Waals surface area contributed by atoms with Gasteiger partial charge in [-0.15, -0.1) is 0 Å². The Morgan fingerprint density at radius 2 is 2.04 bits per heavy atom. The number of amidine groups is 1. The predicted molar refractivity (Wildman–Crippen MR) is 104 cm³/mol. The van der Waals surface area contributed by atoms with E-state index in [0.717, 1.165) is 17.3 Å². The predicted octanol–water partition coefficient (Wildman–Crippen LogP) is 3.30. The number of aromatic carboxylic acids is 1. The zero-order chi connectivity index (χ0) is 19.6. The molecule has 1 aliphatic heterocycles. The Hall–Kier alpha value is -3.26. The minimum atomic E-state index is -1.04. The molecule has 1 heterocycles. The number of carboxylic acid groups (broad SMARTS) is 1. The van der Waals surface area contributed by atoms with Crippen LogP contribution in [0.4, 0.5) is 5.69 Å². The number of carbonyl (C=O) groups excluding carboxylic acids is 1. The zero-order valence-electron chi connectivity index (χ0n) is 14.5. The van der Waals surface area contributed by atoms with Crippen LogP contribution in [-0.2, 0) is 4.79 Å². The van der Waals surface area contributed by atoms with Gasteiger partial charge in [0, 0.05) is 0 Å². The van der Waals surface area contributed by atoms with Gasteiger partial charge in [0.15, 0.2) is 16.7 Å². The number of ether oxygens (including phenoxy) is 1. The lowest BCUT2D eigenvalue weighted by molar-refractivity contribution is -0.115. The van der Waals surface area contributed by atoms with Crippen LogP contribution in [0.15, 0.2) is 46.3 Å². The van der Waals surface area contributed by atoms with Crippen molar-refractivity contribution in [2.75, 3.05) is 7.11 Å². The van der Waals surface area contributed by atoms with Crippen LogP contribution in [0.25, 0.3) is 6.08 Å². The number of aliphatic imine (C=N–C) groups is 1. The molecule has 138 valence electrons. The monoisotopic (exact) mass is 384 g/mol. The molecule has 0 aromatic heterocycles. The van der Waals surface area contributed by atoms with Gasteiger partial charge in [0.25, 0.3) is 5.91 Å². The second-order valence-corrected chi connectivity index (χ2v) is 6.75. The van der Waals surface area contributed by atoms with Crippen LogP contribution in [0.5, 0.6) is 11.5 Å². The number of methoxy groups -OCH3 is 1. The number of nitrogens with zero attached hydrogens (tertiary/aromatic N) is 1. The van der Waals surface area contributed by atoms with Crippen molar-refractivity contribution in [2.45, 2.75) is 6.92 Å². The first-order valence-electron chi connectivity index (χ1n) is 7.88. The maximum Gasteiger partial charge on any atom is 0.335 e. The van der Waals surface area contributed by atoms with E-state index in [4.69, 9.17) is 9.84 Å². The number of hydrogen-bond acceptors (Lipinski definition) is 6. The summed E-state index contributed by atoms with van der Waals surface area (Å²) in [6, 6.07) is 9.40. The lowest BCUT2D eigenvalue weighted by Crippen LogP contribution is -2.19. The van der Waals surface area contributed by atoms with Crippen molar-refractivity contribution in [3.05, 3.63) is 58.0 Å². The smallest absolute Gasteiger partial charge is 0.335 e. The van der Waals surface area contributed by atoms with Crippen LogP contribution in [-0.4, -0.2) is 34.4 Å². The van der Waals surface area contributed by atoms with Crippen molar-refractivity contribution in [1.29, 1.82) is 0 Å². The van der Waals surface area contributed by atoms with Gasteiger partial charge in [-0.3, -0.25) is 4.79 Å². The van der Waals surface area contributed by atoms with E-state index in [0.29, 0.717) is 27.1 Å². The molecule has 3 rings (SSSR count). The molecule has 0 unspecified atom stereocenters. The van der Waals surface area contributed by atoms with Gasteiger partial charge < -0.3 is 20.3 Å². The topological polar surface area (TPSA) is 108 Å². The Morgan fingerprint density at radius 1 is 1.26 bits per heavy atom. The first-order chi connectivity index (χ1) is 12.9. The van der Waals surface area contributed by atoms with E-state index in [1.54, 1.807) is 24.3 Å². The second kappa shape index (κ2) is 7.55. The van der Waals surface area contributed by atoms with Crippen molar-refractivity contribution in [3.8, 4) is 11.5 Å². The van der Waals surface area contributed by atoms with Gasteiger partial charge in [-0.1, -0.05) is 12.1 Å². The number of rotatable bonds is 4. The number of phenolic OH excluding ortho intramolecular Hbond substituents is 1. The summed E-state index contributed by atoms with van der Waals surface area (Å²) in [6.45, 7) is 1.81. The first-order valence-corrected chi connectivity index (χ1v) is 8.69. The zero-order valence-corrected chi connectivity index (χ0v) is 15.3. The van der Waals surface area contributed by atoms with Crippen LogP contribution in [0.3, 0.4) is 0 Å². The minimum absolute atomic E-state index is 0.0132. The standard InChI is InChI=1S/C19H16N2O5S/c1-10-3-5-12(18(24)25)9-13(10)20-19-21-17(23)16(27-19)8-11-4-6-14(22)15(7-11)26-2/h3-9,22H,1-2H3,(H,24,25)(H,20,21,23). The highest BCUT2D eigenvalue weighted by Gasteiger charge is 2.24. The van der Waals surface area contributed by atoms with Gasteiger partial charge in [0.1, 0.15) is 0 Å². The van der Waals surface area contributed by atoms with Gasteiger partial charge in [-0.25, -0.2) is 9.79 Å². The molecule has 27 heavy (non-hydrogen) atoms. The highest BCUT2D eigenvalue weighted by Crippen LogP contribution is 2.32. The third-order valence-electron chi connectivity index (χ3n) is 3.83. The third-order valence-corrected chi connectivity index (χ3v) is 4.74. The number of aromatic hydroxyl groups is 1. The van der Waals surface area contributed by atoms with Crippen LogP contribution in [0.1, 0.15) is 21.5 Å². The van der Waals surface area contributed by atoms with Gasteiger partial charge in [-0.05, 0) is 60.2 Å². The van der Waals surface area contributed by atoms with E-state index in [1.807, 2.05) is 6.92 Å². The maximum atomic E-state index is 12.2. The van der Waals surface area contributed by atoms with Crippen molar-refractivity contribution < 1.29 is 24.5 Å². The highest BCUT2D eigenvalue weighted by atomic mass is 32.2. The average Bonchev–Trinajstić information content (AvgIpc) is 2.97. The molecule has 0 saturated carbocycles. The van der Waals surface area contributed by atoms with E-state index >= 15 is 0 Å². The van der Waals surface area contributed by atoms with Crippen molar-refractivity contribution in [3.63, 3.8) is 0 Å². The number of carboxylic acids is 1. The second-order valence-electron chi connectivity index (χ2n) is 5.72. The maximum absolute atomic E-state index is 12.2. The molecule has 2 aromatic carbocycles. The highest BCUT2D eigenvalue weighted by molar-refractivity contribution is 8.18. The van der Waals surface area contributed by atoms with Gasteiger partial charge in [0.2, 0.25) is 0 Å². The molecule has 0 bridgehead atoms. The van der Waals surface area contributed by atoms with Crippen LogP contribution in [0.2, 0.25) is 0 Å². The number of thioether (sulfide) groups is 1. The van der Waals surface area contributed by atoms with Gasteiger partial charge >= 0.3 is 5.97 Å². The fourth-order valence-electron chi connectivity index (χ4n) is 2.39. The average molecular weight is 384 g/mol. The summed E-state index contributed by atoms with van der Waals surface area (Å²) in [5.41, 5.74) is 2.09. The number of hydrogen-bond donors (Lipinski definition) is 3. The first kappa shape index (κ1) is 18.5. The van der Waals surface area contributed by atoms with Crippen molar-refractivity contribution in [2.24, 2.45) is 4.99 Å². The Balaban J connectivity index is 1.88. The fraction of sp³-hybridized carbons (Fsp3) is 0.105. The Morgan fingerprint density at radius 3 is 2.74 bits per heavy atom. The number of amides is 1. The Bertz CT molecular complexity index is 998. The van der Waals surface area contributed by atoms with Gasteiger partial charge in [0.05, 0.1) is 23.3 Å². The minimum Gasteiger partial charge on any atom is -0.504 e. The molecule has 1 fully saturated rings. The quantitative estimate of drug-likeness (QED) is 0.698. The lowest BCUT2D eigenvalue weighted by atomic mass is 10.1. The Labute approximate surface area is 159 Å². The lowest BCUT2D eigenvalue weighted by Gasteiger charge is -2.04. The van der Waals surface area contributed by atoms with E-state index in [2.05, 4.69) is 10.3 Å². The SMILES string of the molecule is COc1cc(C=C2SC(=Nc3cc(C(=O)O)ccc3C)NC2=O)ccc1O. The summed E-state index contributed by atoms with van der Waals surface area (Å²) >= 11 is 1.15. The van der Waals surface area contributed by atoms with Crippen LogP contribution < -0.4 is 10.1 Å². The summed E-state index contributed by atoms with van der Waals surface area (Å²) in [4.78, 5) is 28.1. The largest absolute Gasteiger partial charge is 0.504 e. The molecule has 1 saturated heterocycles. The third kappa shape index (κ3) is 4.12. The Kier molecular flexibility index (Phi) is 5.18. The number of phenols is 1. The molecule has 1 aliphatic rings. The van der Waals surface area contributed by atoms with E-state index < -0.39 is 5.97 Å². The molecule has 0 spiro atoms. The summed E-state index contributed by atoms with van der Waals surface area (Å²) in [5.74, 6) is -1.03. The van der Waals surface area contributed by atoms with E-state index in [-0.39, 0.29) is 17.2 Å². The molecular formula is C19H16N2O5S. The van der Waals surface area contributed by atoms with Crippen molar-refractivity contribution >= 4 is 40.6 Å². The number of benzene rings is 2. The van der Waals surface area contributed by atoms with Gasteiger partial charge in [-0.2, -0.15) is 0 Å². The fourth-order valence-corrected chi connectivity index (χ4v) is 3.22. The molecule has 0 aliphatic carbocycles. The number of nitrogens with one attached hydrogen (secondary N) is 1. The molecule has 3 N–H and O–H groups in total. The molecular weight excluding hydrogens is 368 g/mol. The molecule has 8 heteroatoms. The molecule has 2 aromatic rings. The molecule has 1 amide bonds. The molecule has 0 atom stereocenters.